The highest BCUT2D eigenvalue weighted by molar-refractivity contribution is 14.1. The van der Waals surface area contributed by atoms with Gasteiger partial charge in [-0.15, -0.1) is 0 Å². The number of fused-ring (bicyclic) bond motifs is 8. The van der Waals surface area contributed by atoms with Gasteiger partial charge in [-0.05, 0) is 139 Å². The largest absolute Gasteiger partial charge is 0.354 e. The summed E-state index contributed by atoms with van der Waals surface area (Å²) in [6.45, 7) is 0. The first-order valence-corrected chi connectivity index (χ1v) is 26.4. The topological polar surface area (TPSA) is 57.4 Å². The van der Waals surface area contributed by atoms with E-state index in [0.29, 0.717) is 0 Å². The van der Waals surface area contributed by atoms with Crippen molar-refractivity contribution in [2.45, 2.75) is 25.7 Å². The van der Waals surface area contributed by atoms with Gasteiger partial charge in [-0.1, -0.05) is 203 Å². The van der Waals surface area contributed by atoms with Crippen molar-refractivity contribution < 1.29 is 0 Å². The van der Waals surface area contributed by atoms with Crippen LogP contribution in [0, 0.1) is 0 Å². The fourth-order valence-corrected chi connectivity index (χ4v) is 10.3. The number of halogens is 2. The SMILES string of the molecule is ICCCc1ccc(-c2c3nc(c(-c4ccc(-c5ccccc5)cc4)c4ccc([nH]4)c(-c4ccc(CCCI)cc4)c4nc(c(-c5ccc(-c6ccccc6)cc5)c5ccc2[nH]5)C=C4)C=C3)cc1. The molecule has 5 heterocycles. The quantitative estimate of drug-likeness (QED) is 0.0946. The van der Waals surface area contributed by atoms with Crippen LogP contribution in [-0.4, -0.2) is 28.8 Å². The summed E-state index contributed by atoms with van der Waals surface area (Å²) in [5, 5.41) is 0. The second kappa shape index (κ2) is 19.9. The second-order valence-corrected chi connectivity index (χ2v) is 19.5. The number of nitrogens with zero attached hydrogens (tertiary/aromatic N) is 2. The van der Waals surface area contributed by atoms with Crippen LogP contribution in [0.2, 0.25) is 0 Å². The van der Waals surface area contributed by atoms with Crippen LogP contribution >= 0.6 is 45.2 Å². The molecule has 0 amide bonds. The van der Waals surface area contributed by atoms with Crippen LogP contribution in [0.5, 0.6) is 0 Å². The Hall–Kier alpha value is -6.62. The van der Waals surface area contributed by atoms with E-state index in [9.17, 15) is 0 Å². The first-order chi connectivity index (χ1) is 33.6. The van der Waals surface area contributed by atoms with Gasteiger partial charge < -0.3 is 9.97 Å². The standard InChI is InChI=1S/C62H48I2N4/c63-39-7-9-41-15-19-47(20-16-41)59-51-31-35-55(65-51)61(49-27-23-45(24-28-49)43-11-3-1-4-12-43)56-36-32-52(66-56)60(48-21-17-42(18-22-48)10-8-40-64)54-34-38-58(68-54)62(57-37-33-53(59)67-57)50-29-25-46(26-30-50)44-13-5-2-6-14-44/h1-6,11-38,65,68H,7-10,39-40H2. The smallest absolute Gasteiger partial charge is 0.0737 e. The third-order valence-corrected chi connectivity index (χ3v) is 14.5. The molecule has 2 aliphatic rings. The predicted molar refractivity (Wildman–Crippen MR) is 306 cm³/mol. The van der Waals surface area contributed by atoms with Gasteiger partial charge in [0, 0.05) is 44.3 Å². The van der Waals surface area contributed by atoms with E-state index in [0.717, 1.165) is 124 Å². The molecule has 0 fully saturated rings. The molecule has 0 saturated carbocycles. The zero-order chi connectivity index (χ0) is 45.8. The lowest BCUT2D eigenvalue weighted by Gasteiger charge is -2.09. The molecule has 330 valence electrons. The Morgan fingerprint density at radius 3 is 0.853 bits per heavy atom. The summed E-state index contributed by atoms with van der Waals surface area (Å²) in [5.41, 5.74) is 23.5. The highest BCUT2D eigenvalue weighted by Gasteiger charge is 2.19. The van der Waals surface area contributed by atoms with Crippen molar-refractivity contribution in [3.05, 3.63) is 216 Å². The number of hydrogen-bond donors (Lipinski definition) is 2. The molecular weight excluding hydrogens is 1050 g/mol. The number of benzene rings is 6. The molecule has 0 aliphatic carbocycles. The molecule has 8 bridgehead atoms. The van der Waals surface area contributed by atoms with Crippen LogP contribution in [0.15, 0.2) is 182 Å². The van der Waals surface area contributed by atoms with Crippen molar-refractivity contribution in [2.24, 2.45) is 0 Å². The summed E-state index contributed by atoms with van der Waals surface area (Å²) in [6, 6.07) is 66.0. The van der Waals surface area contributed by atoms with Gasteiger partial charge in [0.15, 0.2) is 0 Å². The summed E-state index contributed by atoms with van der Waals surface area (Å²) >= 11 is 4.94. The summed E-state index contributed by atoms with van der Waals surface area (Å²) in [6.07, 6.45) is 13.2. The third kappa shape index (κ3) is 9.07. The lowest BCUT2D eigenvalue weighted by Crippen LogP contribution is -1.91. The Morgan fingerprint density at radius 1 is 0.294 bits per heavy atom. The van der Waals surface area contributed by atoms with Gasteiger partial charge in [-0.2, -0.15) is 0 Å². The molecule has 2 aliphatic heterocycles. The van der Waals surface area contributed by atoms with Crippen molar-refractivity contribution in [3.8, 4) is 66.8 Å². The Bertz CT molecular complexity index is 3240. The number of hydrogen-bond acceptors (Lipinski definition) is 2. The molecule has 0 radical (unpaired) electrons. The first kappa shape index (κ1) is 43.9. The van der Waals surface area contributed by atoms with Crippen molar-refractivity contribution in [1.82, 2.24) is 19.9 Å². The Balaban J connectivity index is 1.20. The fourth-order valence-electron chi connectivity index (χ4n) is 9.56. The van der Waals surface area contributed by atoms with Gasteiger partial charge in [-0.3, -0.25) is 0 Å². The molecule has 3 aromatic heterocycles. The van der Waals surface area contributed by atoms with Crippen molar-refractivity contribution in [1.29, 1.82) is 0 Å². The van der Waals surface area contributed by atoms with Crippen LogP contribution in [0.3, 0.4) is 0 Å². The van der Waals surface area contributed by atoms with Crippen LogP contribution in [-0.2, 0) is 12.8 Å². The summed E-state index contributed by atoms with van der Waals surface area (Å²) < 4.78 is 2.27. The van der Waals surface area contributed by atoms with Gasteiger partial charge in [0.2, 0.25) is 0 Å². The summed E-state index contributed by atoms with van der Waals surface area (Å²) in [4.78, 5) is 19.0. The molecule has 6 aromatic carbocycles. The number of rotatable bonds is 12. The zero-order valence-electron chi connectivity index (χ0n) is 37.5. The molecular formula is C62H48I2N4. The van der Waals surface area contributed by atoms with E-state index in [-0.39, 0.29) is 0 Å². The maximum Gasteiger partial charge on any atom is 0.0737 e. The monoisotopic (exact) mass is 1100 g/mol. The van der Waals surface area contributed by atoms with Gasteiger partial charge in [0.05, 0.1) is 22.8 Å². The molecule has 2 N–H and O–H groups in total. The summed E-state index contributed by atoms with van der Waals surface area (Å²) in [5.74, 6) is 0. The third-order valence-electron chi connectivity index (χ3n) is 13.0. The number of aromatic nitrogens is 4. The minimum Gasteiger partial charge on any atom is -0.354 e. The highest BCUT2D eigenvalue weighted by Crippen LogP contribution is 2.39. The molecule has 11 rings (SSSR count). The van der Waals surface area contributed by atoms with E-state index >= 15 is 0 Å². The lowest BCUT2D eigenvalue weighted by molar-refractivity contribution is 0.946. The van der Waals surface area contributed by atoms with Crippen LogP contribution in [0.4, 0.5) is 0 Å². The number of alkyl halides is 2. The molecule has 4 nitrogen and oxygen atoms in total. The van der Waals surface area contributed by atoms with Gasteiger partial charge in [0.25, 0.3) is 0 Å². The highest BCUT2D eigenvalue weighted by atomic mass is 127. The van der Waals surface area contributed by atoms with Crippen molar-refractivity contribution in [2.75, 3.05) is 8.86 Å². The van der Waals surface area contributed by atoms with Crippen molar-refractivity contribution in [3.63, 3.8) is 0 Å². The Morgan fingerprint density at radius 2 is 0.559 bits per heavy atom. The number of H-pyrrole nitrogens is 2. The maximum atomic E-state index is 5.57. The minimum atomic E-state index is 0.900. The number of aromatic amines is 2. The fraction of sp³-hybridized carbons (Fsp3) is 0.0968. The molecule has 0 unspecified atom stereocenters. The van der Waals surface area contributed by atoms with E-state index in [2.05, 4.69) is 261 Å². The van der Waals surface area contributed by atoms with Crippen LogP contribution < -0.4 is 0 Å². The number of aryl methyl sites for hydroxylation is 2. The molecule has 68 heavy (non-hydrogen) atoms. The lowest BCUT2D eigenvalue weighted by atomic mass is 9.99. The van der Waals surface area contributed by atoms with E-state index in [1.807, 2.05) is 0 Å². The molecule has 0 saturated heterocycles. The van der Waals surface area contributed by atoms with Gasteiger partial charge in [0.1, 0.15) is 0 Å². The van der Waals surface area contributed by atoms with E-state index < -0.39 is 0 Å². The summed E-state index contributed by atoms with van der Waals surface area (Å²) in [7, 11) is 0. The van der Waals surface area contributed by atoms with E-state index in [4.69, 9.17) is 9.97 Å². The van der Waals surface area contributed by atoms with E-state index in [1.54, 1.807) is 0 Å². The van der Waals surface area contributed by atoms with Gasteiger partial charge >= 0.3 is 0 Å². The van der Waals surface area contributed by atoms with Gasteiger partial charge in [-0.25, -0.2) is 9.97 Å². The van der Waals surface area contributed by atoms with Crippen LogP contribution in [0.1, 0.15) is 46.7 Å². The van der Waals surface area contributed by atoms with Crippen LogP contribution in [0.25, 0.3) is 113 Å². The average molecular weight is 1100 g/mol. The zero-order valence-corrected chi connectivity index (χ0v) is 41.8. The van der Waals surface area contributed by atoms with E-state index in [1.165, 1.54) is 33.4 Å². The normalized spacial score (nSPS) is 11.9. The molecule has 0 spiro atoms. The Labute approximate surface area is 425 Å². The average Bonchev–Trinajstić information content (AvgIpc) is 4.26. The molecule has 6 heteroatoms. The maximum absolute atomic E-state index is 5.57. The molecule has 0 atom stereocenters. The second-order valence-electron chi connectivity index (χ2n) is 17.4. The minimum absolute atomic E-state index is 0.900. The predicted octanol–water partition coefficient (Wildman–Crippen LogP) is 17.4. The first-order valence-electron chi connectivity index (χ1n) is 23.4. The van der Waals surface area contributed by atoms with Crippen molar-refractivity contribution >= 4 is 91.6 Å². The molecule has 9 aromatic rings. The number of nitrogens with one attached hydrogen (secondary N) is 2. The Kier molecular flexibility index (Phi) is 12.9.